The first-order valence-electron chi connectivity index (χ1n) is 4.58. The van der Waals surface area contributed by atoms with Gasteiger partial charge in [-0.25, -0.2) is 9.79 Å². The van der Waals surface area contributed by atoms with E-state index in [0.717, 1.165) is 0 Å². The first-order chi connectivity index (χ1) is 7.83. The third kappa shape index (κ3) is 4.17. The second-order valence-electron chi connectivity index (χ2n) is 3.63. The van der Waals surface area contributed by atoms with E-state index in [-0.39, 0.29) is 5.57 Å². The molecule has 1 unspecified atom stereocenters. The summed E-state index contributed by atoms with van der Waals surface area (Å²) in [6.45, 7) is 4.06. The van der Waals surface area contributed by atoms with Crippen molar-refractivity contribution in [1.82, 2.24) is 5.32 Å². The Kier molecular flexibility index (Phi) is 5.76. The van der Waals surface area contributed by atoms with Crippen LogP contribution in [-0.4, -0.2) is 37.3 Å². The van der Waals surface area contributed by atoms with Crippen LogP contribution >= 0.6 is 15.9 Å². The second-order valence-corrected chi connectivity index (χ2v) is 7.59. The Hall–Kier alpha value is -0.210. The van der Waals surface area contributed by atoms with Crippen molar-refractivity contribution >= 4 is 21.8 Å². The number of amides is 1. The summed E-state index contributed by atoms with van der Waals surface area (Å²) in [7, 11) is -11.3. The van der Waals surface area contributed by atoms with Crippen LogP contribution in [0.1, 0.15) is 13.3 Å². The molecule has 0 aromatic carbocycles. The number of aliphatic hydroxyl groups is 1. The normalized spacial score (nSPS) is 16.0. The molecule has 5 N–H and O–H groups in total. The summed E-state index contributed by atoms with van der Waals surface area (Å²) in [5, 5.41) is 7.82. The zero-order valence-corrected chi connectivity index (χ0v) is 11.2. The zero-order valence-electron chi connectivity index (χ0n) is 9.44. The lowest BCUT2D eigenvalue weighted by molar-refractivity contribution is -0.347. The average Bonchev–Trinajstić information content (AvgIpc) is 2.13. The highest BCUT2D eigenvalue weighted by Crippen LogP contribution is 2.70. The number of carbonyl (C=O) groups is 1. The van der Waals surface area contributed by atoms with E-state index in [1.54, 1.807) is 0 Å². The van der Waals surface area contributed by atoms with E-state index in [4.69, 9.17) is 14.7 Å². The monoisotopic (exact) mass is 302 g/mol. The molecular weight excluding hydrogens is 288 g/mol. The predicted molar refractivity (Wildman–Crippen MR) is 57.9 cm³/mol. The summed E-state index contributed by atoms with van der Waals surface area (Å²) in [4.78, 5) is 69.7. The fourth-order valence-electron chi connectivity index (χ4n) is 0.946. The summed E-state index contributed by atoms with van der Waals surface area (Å²) >= 11 is 0. The summed E-state index contributed by atoms with van der Waals surface area (Å²) in [5.74, 6) is -0.679. The van der Waals surface area contributed by atoms with E-state index < -0.39 is 39.8 Å². The maximum absolute atomic E-state index is 11.0. The first kappa shape index (κ1) is 17.8. The molecule has 0 aromatic rings. The van der Waals surface area contributed by atoms with E-state index in [1.165, 1.54) is 6.92 Å². The minimum Gasteiger partial charge on any atom is -0.654 e. The molecule has 1 atom stereocenters. The minimum atomic E-state index is -5.72. The van der Waals surface area contributed by atoms with Gasteiger partial charge < -0.3 is 25.1 Å². The Bertz CT molecular complexity index is 319. The van der Waals surface area contributed by atoms with Crippen molar-refractivity contribution in [3.8, 4) is 0 Å². The SMILES string of the molecule is C=C(C)C(=O)NCCC(O)([P+]([O-])([O-])O)[P+]([O-])(O)O. The van der Waals surface area contributed by atoms with Crippen molar-refractivity contribution in [1.29, 1.82) is 0 Å². The molecule has 0 aliphatic rings. The molecule has 0 fully saturated rings. The van der Waals surface area contributed by atoms with Crippen LogP contribution in [0.3, 0.4) is 0 Å². The summed E-state index contributed by atoms with van der Waals surface area (Å²) in [5.41, 5.74) is 0.0871. The summed E-state index contributed by atoms with van der Waals surface area (Å²) in [6, 6.07) is 0. The van der Waals surface area contributed by atoms with Crippen LogP contribution in [0.4, 0.5) is 0 Å². The van der Waals surface area contributed by atoms with Crippen LogP contribution in [0.5, 0.6) is 0 Å². The van der Waals surface area contributed by atoms with Gasteiger partial charge in [0.2, 0.25) is 5.91 Å². The third-order valence-corrected chi connectivity index (χ3v) is 5.88. The number of carbonyl (C=O) groups excluding carboxylic acids is 1. The van der Waals surface area contributed by atoms with E-state index in [9.17, 15) is 24.6 Å². The fourth-order valence-corrected chi connectivity index (χ4v) is 3.06. The van der Waals surface area contributed by atoms with Gasteiger partial charge in [-0.3, -0.25) is 9.69 Å². The van der Waals surface area contributed by atoms with Gasteiger partial charge in [-0.1, -0.05) is 6.58 Å². The Balaban J connectivity index is 4.77. The molecule has 0 aromatic heterocycles. The minimum absolute atomic E-state index is 0.0871. The molecule has 0 aliphatic carbocycles. The number of hydrogen-bond donors (Lipinski definition) is 5. The molecule has 0 radical (unpaired) electrons. The lowest BCUT2D eigenvalue weighted by atomic mass is 10.3. The van der Waals surface area contributed by atoms with Gasteiger partial charge >= 0.3 is 13.0 Å². The van der Waals surface area contributed by atoms with E-state index in [2.05, 4.69) is 11.9 Å². The average molecular weight is 302 g/mol. The predicted octanol–water partition coefficient (Wildman–Crippen LogP) is -3.70. The maximum Gasteiger partial charge on any atom is 0.342 e. The first-order valence-corrected chi connectivity index (χ1v) is 7.77. The van der Waals surface area contributed by atoms with Crippen LogP contribution in [0, 0.1) is 0 Å². The molecule has 1 amide bonds. The van der Waals surface area contributed by atoms with Crippen molar-refractivity contribution in [3.05, 3.63) is 12.2 Å². The molecule has 11 heteroatoms. The van der Waals surface area contributed by atoms with Crippen LogP contribution in [0.2, 0.25) is 0 Å². The topological polar surface area (TPSA) is 179 Å². The fraction of sp³-hybridized carbons (Fsp3) is 0.571. The van der Waals surface area contributed by atoms with Gasteiger partial charge in [0, 0.05) is 12.1 Å². The molecule has 0 bridgehead atoms. The summed E-state index contributed by atoms with van der Waals surface area (Å²) < 4.78 is 0. The van der Waals surface area contributed by atoms with Gasteiger partial charge in [-0.05, 0) is 6.92 Å². The van der Waals surface area contributed by atoms with Gasteiger partial charge in [-0.15, -0.1) is 0 Å². The highest BCUT2D eigenvalue weighted by atomic mass is 31.3. The number of nitrogens with one attached hydrogen (secondary N) is 1. The van der Waals surface area contributed by atoms with Crippen molar-refractivity contribution in [3.63, 3.8) is 0 Å². The van der Waals surface area contributed by atoms with Crippen molar-refractivity contribution in [2.24, 2.45) is 0 Å². The van der Waals surface area contributed by atoms with Gasteiger partial charge in [0.15, 0.2) is 0 Å². The summed E-state index contributed by atoms with van der Waals surface area (Å²) in [6.07, 6.45) is -1.06. The van der Waals surface area contributed by atoms with Crippen LogP contribution in [0.25, 0.3) is 0 Å². The van der Waals surface area contributed by atoms with E-state index in [0.29, 0.717) is 0 Å². The molecular formula is C7H14NO8P2-. The van der Waals surface area contributed by atoms with E-state index >= 15 is 0 Å². The van der Waals surface area contributed by atoms with Crippen LogP contribution in [0.15, 0.2) is 12.2 Å². The zero-order chi connectivity index (χ0) is 14.8. The molecule has 0 saturated heterocycles. The maximum atomic E-state index is 11.0. The Labute approximate surface area is 104 Å². The van der Waals surface area contributed by atoms with Crippen molar-refractivity contribution in [2.75, 3.05) is 6.54 Å². The molecule has 0 heterocycles. The van der Waals surface area contributed by atoms with Gasteiger partial charge in [0.25, 0.3) is 0 Å². The molecule has 9 nitrogen and oxygen atoms in total. The molecule has 0 spiro atoms. The highest BCUT2D eigenvalue weighted by Gasteiger charge is 2.61. The Morgan fingerprint density at radius 1 is 1.33 bits per heavy atom. The molecule has 106 valence electrons. The van der Waals surface area contributed by atoms with Crippen molar-refractivity contribution in [2.45, 2.75) is 18.4 Å². The quantitative estimate of drug-likeness (QED) is 0.245. The van der Waals surface area contributed by atoms with E-state index in [1.807, 2.05) is 0 Å². The number of hydrogen-bond acceptors (Lipinski definition) is 8. The lowest BCUT2D eigenvalue weighted by Crippen LogP contribution is -2.49. The Morgan fingerprint density at radius 3 is 2.06 bits per heavy atom. The lowest BCUT2D eigenvalue weighted by Gasteiger charge is -2.43. The smallest absolute Gasteiger partial charge is 0.342 e. The largest absolute Gasteiger partial charge is 0.654 e. The molecule has 0 rings (SSSR count). The van der Waals surface area contributed by atoms with Crippen LogP contribution in [-0.2, 0) is 4.79 Å². The molecule has 18 heavy (non-hydrogen) atoms. The van der Waals surface area contributed by atoms with Gasteiger partial charge in [0.05, 0.1) is 6.42 Å². The second kappa shape index (κ2) is 5.83. The van der Waals surface area contributed by atoms with Gasteiger partial charge in [-0.2, -0.15) is 0 Å². The van der Waals surface area contributed by atoms with Crippen molar-refractivity contribution < 1.29 is 39.3 Å². The third-order valence-electron chi connectivity index (χ3n) is 2.05. The standard InChI is InChI=1S/C7H15NO8P2/c1-5(2)6(9)8-4-3-7(10,17(11,12)13)18(14,15)16/h10H,1,3-4H2,2H3,(H,8,9)(H2,11,12,13)(H2,14,15,16)/p-1. The molecule has 0 saturated carbocycles. The highest BCUT2D eigenvalue weighted by molar-refractivity contribution is 7.76. The molecule has 0 aliphatic heterocycles. The Morgan fingerprint density at radius 2 is 1.78 bits per heavy atom. The van der Waals surface area contributed by atoms with Crippen LogP contribution < -0.4 is 20.0 Å². The van der Waals surface area contributed by atoms with Gasteiger partial charge in [0.1, 0.15) is 7.94 Å². The number of rotatable bonds is 6.